The van der Waals surface area contributed by atoms with Crippen molar-refractivity contribution in [3.63, 3.8) is 0 Å². The summed E-state index contributed by atoms with van der Waals surface area (Å²) in [5, 5.41) is 2.17. The van der Waals surface area contributed by atoms with E-state index >= 15 is 0 Å². The summed E-state index contributed by atoms with van der Waals surface area (Å²) in [6, 6.07) is 16.5. The smallest absolute Gasteiger partial charge is 0.127 e. The van der Waals surface area contributed by atoms with Crippen LogP contribution in [0.1, 0.15) is 11.4 Å². The molecule has 4 heteroatoms. The maximum atomic E-state index is 4.58. The minimum atomic E-state index is 0.820. The molecule has 0 bridgehead atoms. The van der Waals surface area contributed by atoms with Gasteiger partial charge in [0.2, 0.25) is 0 Å². The fraction of sp³-hybridized carbons (Fsp3) is 0.125. The van der Waals surface area contributed by atoms with Gasteiger partial charge in [-0.1, -0.05) is 46.3 Å². The number of rotatable bonds is 3. The third-order valence-corrected chi connectivity index (χ3v) is 4.50. The molecule has 20 heavy (non-hydrogen) atoms. The Hall–Kier alpha value is -1.39. The number of benzene rings is 2. The summed E-state index contributed by atoms with van der Waals surface area (Å²) in [7, 11) is 0. The van der Waals surface area contributed by atoms with E-state index in [1.807, 2.05) is 31.2 Å². The zero-order valence-electron chi connectivity index (χ0n) is 11.0. The Morgan fingerprint density at radius 3 is 2.75 bits per heavy atom. The number of halogens is 1. The van der Waals surface area contributed by atoms with Crippen LogP contribution in [0.3, 0.4) is 0 Å². The summed E-state index contributed by atoms with van der Waals surface area (Å²) >= 11 is 5.26. The van der Waals surface area contributed by atoms with E-state index in [2.05, 4.69) is 50.2 Å². The van der Waals surface area contributed by atoms with Crippen LogP contribution in [-0.2, 0) is 5.75 Å². The van der Waals surface area contributed by atoms with Crippen molar-refractivity contribution in [1.82, 2.24) is 9.97 Å². The molecule has 1 heterocycles. The molecule has 0 amide bonds. The fourth-order valence-electron chi connectivity index (χ4n) is 2.05. The number of hydrogen-bond donors (Lipinski definition) is 0. The molecule has 2 aromatic carbocycles. The number of aryl methyl sites for hydroxylation is 1. The quantitative estimate of drug-likeness (QED) is 0.494. The van der Waals surface area contributed by atoms with Crippen LogP contribution in [0.2, 0.25) is 0 Å². The molecule has 3 aromatic rings. The minimum Gasteiger partial charge on any atom is -0.233 e. The lowest BCUT2D eigenvalue weighted by atomic mass is 10.2. The summed E-state index contributed by atoms with van der Waals surface area (Å²) in [5.74, 6) is 1.72. The number of para-hydroxylation sites is 1. The van der Waals surface area contributed by atoms with Gasteiger partial charge in [0, 0.05) is 15.6 Å². The van der Waals surface area contributed by atoms with Gasteiger partial charge in [-0.2, -0.15) is 0 Å². The summed E-state index contributed by atoms with van der Waals surface area (Å²) in [4.78, 5) is 9.05. The highest BCUT2D eigenvalue weighted by atomic mass is 79.9. The molecule has 0 atom stereocenters. The number of thioether (sulfide) groups is 1. The van der Waals surface area contributed by atoms with Crippen molar-refractivity contribution in [3.05, 3.63) is 64.4 Å². The molecule has 0 fully saturated rings. The van der Waals surface area contributed by atoms with E-state index in [0.29, 0.717) is 0 Å². The van der Waals surface area contributed by atoms with Gasteiger partial charge in [-0.15, -0.1) is 11.8 Å². The lowest BCUT2D eigenvalue weighted by Gasteiger charge is -2.06. The highest BCUT2D eigenvalue weighted by Crippen LogP contribution is 2.28. The normalized spacial score (nSPS) is 10.9. The van der Waals surface area contributed by atoms with Crippen molar-refractivity contribution in [2.24, 2.45) is 0 Å². The van der Waals surface area contributed by atoms with Crippen molar-refractivity contribution in [2.45, 2.75) is 17.7 Å². The Bertz CT molecular complexity index is 758. The SMILES string of the molecule is Cc1nc(SCc2cccc(Br)c2)c2ccccc2n1. The molecule has 0 aliphatic carbocycles. The van der Waals surface area contributed by atoms with E-state index in [-0.39, 0.29) is 0 Å². The zero-order chi connectivity index (χ0) is 13.9. The molecular formula is C16H13BrN2S. The lowest BCUT2D eigenvalue weighted by molar-refractivity contribution is 1.01. The van der Waals surface area contributed by atoms with Gasteiger partial charge < -0.3 is 0 Å². The van der Waals surface area contributed by atoms with Gasteiger partial charge in [-0.25, -0.2) is 9.97 Å². The first-order valence-corrected chi connectivity index (χ1v) is 8.11. The molecule has 0 radical (unpaired) electrons. The minimum absolute atomic E-state index is 0.820. The van der Waals surface area contributed by atoms with Crippen LogP contribution >= 0.6 is 27.7 Å². The molecule has 0 unspecified atom stereocenters. The molecule has 0 saturated carbocycles. The average molecular weight is 345 g/mol. The summed E-state index contributed by atoms with van der Waals surface area (Å²) < 4.78 is 1.11. The second kappa shape index (κ2) is 5.94. The zero-order valence-corrected chi connectivity index (χ0v) is 13.4. The maximum Gasteiger partial charge on any atom is 0.127 e. The van der Waals surface area contributed by atoms with Crippen molar-refractivity contribution >= 4 is 38.6 Å². The Kier molecular flexibility index (Phi) is 4.03. The Balaban J connectivity index is 1.91. The monoisotopic (exact) mass is 344 g/mol. The third-order valence-electron chi connectivity index (χ3n) is 2.94. The van der Waals surface area contributed by atoms with Gasteiger partial charge in [0.25, 0.3) is 0 Å². The van der Waals surface area contributed by atoms with Crippen molar-refractivity contribution < 1.29 is 0 Å². The van der Waals surface area contributed by atoms with Gasteiger partial charge in [0.15, 0.2) is 0 Å². The second-order valence-corrected chi connectivity index (χ2v) is 6.39. The van der Waals surface area contributed by atoms with E-state index < -0.39 is 0 Å². The Morgan fingerprint density at radius 2 is 1.90 bits per heavy atom. The first kappa shape index (κ1) is 13.6. The predicted molar refractivity (Wildman–Crippen MR) is 88.0 cm³/mol. The van der Waals surface area contributed by atoms with E-state index in [4.69, 9.17) is 0 Å². The van der Waals surface area contributed by atoms with Crippen LogP contribution in [-0.4, -0.2) is 9.97 Å². The number of hydrogen-bond acceptors (Lipinski definition) is 3. The van der Waals surface area contributed by atoms with Crippen LogP contribution in [0.4, 0.5) is 0 Å². The molecule has 100 valence electrons. The largest absolute Gasteiger partial charge is 0.233 e. The highest BCUT2D eigenvalue weighted by Gasteiger charge is 2.06. The molecular weight excluding hydrogens is 332 g/mol. The third kappa shape index (κ3) is 3.02. The molecule has 0 saturated heterocycles. The van der Waals surface area contributed by atoms with E-state index in [1.54, 1.807) is 11.8 Å². The van der Waals surface area contributed by atoms with Gasteiger partial charge >= 0.3 is 0 Å². The highest BCUT2D eigenvalue weighted by molar-refractivity contribution is 9.10. The van der Waals surface area contributed by atoms with Crippen LogP contribution in [0.25, 0.3) is 10.9 Å². The summed E-state index contributed by atoms with van der Waals surface area (Å²) in [6.07, 6.45) is 0. The maximum absolute atomic E-state index is 4.58. The van der Waals surface area contributed by atoms with E-state index in [1.165, 1.54) is 5.56 Å². The number of nitrogens with zero attached hydrogens (tertiary/aromatic N) is 2. The average Bonchev–Trinajstić information content (AvgIpc) is 2.44. The van der Waals surface area contributed by atoms with Crippen molar-refractivity contribution in [1.29, 1.82) is 0 Å². The number of aromatic nitrogens is 2. The van der Waals surface area contributed by atoms with Crippen LogP contribution in [0.15, 0.2) is 58.0 Å². The number of fused-ring (bicyclic) bond motifs is 1. The second-order valence-electron chi connectivity index (χ2n) is 4.51. The fourth-order valence-corrected chi connectivity index (χ4v) is 3.50. The first-order chi connectivity index (χ1) is 9.72. The molecule has 3 rings (SSSR count). The van der Waals surface area contributed by atoms with Crippen molar-refractivity contribution in [3.8, 4) is 0 Å². The first-order valence-electron chi connectivity index (χ1n) is 6.33. The Morgan fingerprint density at radius 1 is 1.05 bits per heavy atom. The molecule has 1 aromatic heterocycles. The molecule has 0 aliphatic heterocycles. The van der Waals surface area contributed by atoms with E-state index in [9.17, 15) is 0 Å². The van der Waals surface area contributed by atoms with E-state index in [0.717, 1.165) is 32.0 Å². The lowest BCUT2D eigenvalue weighted by Crippen LogP contribution is -1.93. The standard InChI is InChI=1S/C16H13BrN2S/c1-11-18-15-8-3-2-7-14(15)16(19-11)20-10-12-5-4-6-13(17)9-12/h2-9H,10H2,1H3. The van der Waals surface area contributed by atoms with Crippen LogP contribution in [0.5, 0.6) is 0 Å². The summed E-state index contributed by atoms with van der Waals surface area (Å²) in [5.41, 5.74) is 2.29. The summed E-state index contributed by atoms with van der Waals surface area (Å²) in [6.45, 7) is 1.94. The van der Waals surface area contributed by atoms with Crippen LogP contribution in [0, 0.1) is 6.92 Å². The Labute approximate surface area is 130 Å². The van der Waals surface area contributed by atoms with Gasteiger partial charge in [-0.3, -0.25) is 0 Å². The van der Waals surface area contributed by atoms with Gasteiger partial charge in [0.05, 0.1) is 5.52 Å². The molecule has 2 nitrogen and oxygen atoms in total. The predicted octanol–water partition coefficient (Wildman–Crippen LogP) is 4.99. The van der Waals surface area contributed by atoms with Crippen LogP contribution < -0.4 is 0 Å². The topological polar surface area (TPSA) is 25.8 Å². The van der Waals surface area contributed by atoms with Gasteiger partial charge in [0.1, 0.15) is 10.9 Å². The molecule has 0 N–H and O–H groups in total. The molecule has 0 aliphatic rings. The molecule has 0 spiro atoms. The van der Waals surface area contributed by atoms with Crippen molar-refractivity contribution in [2.75, 3.05) is 0 Å². The van der Waals surface area contributed by atoms with Gasteiger partial charge in [-0.05, 0) is 30.7 Å².